The van der Waals surface area contributed by atoms with Crippen LogP contribution >= 0.6 is 0 Å². The van der Waals surface area contributed by atoms with Gasteiger partial charge in [0.05, 0.1) is 13.1 Å². The Hall–Kier alpha value is -1.59. The summed E-state index contributed by atoms with van der Waals surface area (Å²) in [5, 5.41) is 2.90. The number of benzene rings is 1. The van der Waals surface area contributed by atoms with Gasteiger partial charge in [0.2, 0.25) is 0 Å². The van der Waals surface area contributed by atoms with Gasteiger partial charge in [0.1, 0.15) is 0 Å². The van der Waals surface area contributed by atoms with Crippen LogP contribution < -0.4 is 5.32 Å². The molecule has 0 atom stereocenters. The molecule has 0 amide bonds. The highest BCUT2D eigenvalue weighted by Gasteiger charge is 2.03. The second-order valence-electron chi connectivity index (χ2n) is 4.02. The van der Waals surface area contributed by atoms with Crippen LogP contribution in [0.4, 0.5) is 0 Å². The molecule has 0 heterocycles. The number of terminal acetylenes is 1. The summed E-state index contributed by atoms with van der Waals surface area (Å²) in [6.07, 6.45) is 5.56. The Bertz CT molecular complexity index is 395. The van der Waals surface area contributed by atoms with E-state index in [0.717, 1.165) is 5.56 Å². The summed E-state index contributed by atoms with van der Waals surface area (Å²) >= 11 is 0. The van der Waals surface area contributed by atoms with Crippen molar-refractivity contribution in [2.75, 3.05) is 13.1 Å². The highest BCUT2D eigenvalue weighted by atomic mass is 16.1. The van der Waals surface area contributed by atoms with Gasteiger partial charge in [-0.25, -0.2) is 0 Å². The summed E-state index contributed by atoms with van der Waals surface area (Å²) in [6.45, 7) is 4.87. The van der Waals surface area contributed by atoms with E-state index in [-0.39, 0.29) is 5.78 Å². The maximum absolute atomic E-state index is 11.6. The van der Waals surface area contributed by atoms with Crippen LogP contribution in [0.15, 0.2) is 18.2 Å². The van der Waals surface area contributed by atoms with Gasteiger partial charge in [0.25, 0.3) is 0 Å². The summed E-state index contributed by atoms with van der Waals surface area (Å²) in [7, 11) is 0. The average Bonchev–Trinajstić information content (AvgIpc) is 2.16. The van der Waals surface area contributed by atoms with E-state index in [0.29, 0.717) is 19.5 Å². The van der Waals surface area contributed by atoms with Crippen molar-refractivity contribution in [3.05, 3.63) is 34.9 Å². The number of aryl methyl sites for hydroxylation is 2. The molecule has 1 aromatic carbocycles. The monoisotopic (exact) mass is 215 g/mol. The largest absolute Gasteiger partial charge is 0.299 e. The van der Waals surface area contributed by atoms with Crippen molar-refractivity contribution in [2.24, 2.45) is 0 Å². The SMILES string of the molecule is C#CCNCC(=O)Cc1cc(C)cc(C)c1. The molecule has 0 fully saturated rings. The van der Waals surface area contributed by atoms with Gasteiger partial charge < -0.3 is 0 Å². The topological polar surface area (TPSA) is 29.1 Å². The Morgan fingerprint density at radius 3 is 2.50 bits per heavy atom. The zero-order valence-electron chi connectivity index (χ0n) is 9.84. The minimum absolute atomic E-state index is 0.167. The van der Waals surface area contributed by atoms with E-state index in [2.05, 4.69) is 17.3 Å². The van der Waals surface area contributed by atoms with Crippen molar-refractivity contribution in [1.29, 1.82) is 0 Å². The molecule has 2 nitrogen and oxygen atoms in total. The van der Waals surface area contributed by atoms with Gasteiger partial charge in [-0.3, -0.25) is 10.1 Å². The molecular weight excluding hydrogens is 198 g/mol. The molecule has 0 aliphatic heterocycles. The first kappa shape index (κ1) is 12.5. The van der Waals surface area contributed by atoms with Crippen LogP contribution in [0.3, 0.4) is 0 Å². The van der Waals surface area contributed by atoms with E-state index in [9.17, 15) is 4.79 Å². The maximum atomic E-state index is 11.6. The first-order valence-corrected chi connectivity index (χ1v) is 5.35. The van der Waals surface area contributed by atoms with E-state index < -0.39 is 0 Å². The lowest BCUT2D eigenvalue weighted by molar-refractivity contribution is -0.117. The Kier molecular flexibility index (Phi) is 4.75. The number of hydrogen-bond donors (Lipinski definition) is 1. The molecule has 1 aromatic rings. The van der Waals surface area contributed by atoms with Gasteiger partial charge in [0, 0.05) is 6.42 Å². The normalized spacial score (nSPS) is 9.81. The molecule has 0 aliphatic rings. The van der Waals surface area contributed by atoms with E-state index in [4.69, 9.17) is 6.42 Å². The second-order valence-corrected chi connectivity index (χ2v) is 4.02. The highest BCUT2D eigenvalue weighted by Crippen LogP contribution is 2.09. The second kappa shape index (κ2) is 6.09. The number of ketones is 1. The summed E-state index contributed by atoms with van der Waals surface area (Å²) in [5.41, 5.74) is 3.46. The van der Waals surface area contributed by atoms with Gasteiger partial charge in [-0.1, -0.05) is 35.2 Å². The highest BCUT2D eigenvalue weighted by molar-refractivity contribution is 5.82. The van der Waals surface area contributed by atoms with Crippen molar-refractivity contribution in [1.82, 2.24) is 5.32 Å². The van der Waals surface area contributed by atoms with Crippen LogP contribution in [0.5, 0.6) is 0 Å². The molecule has 0 saturated carbocycles. The Balaban J connectivity index is 2.53. The summed E-state index contributed by atoms with van der Waals surface area (Å²) in [6, 6.07) is 6.20. The Morgan fingerprint density at radius 2 is 1.94 bits per heavy atom. The van der Waals surface area contributed by atoms with Gasteiger partial charge >= 0.3 is 0 Å². The number of nitrogens with one attached hydrogen (secondary N) is 1. The summed E-state index contributed by atoms with van der Waals surface area (Å²) in [4.78, 5) is 11.6. The minimum Gasteiger partial charge on any atom is -0.299 e. The standard InChI is InChI=1S/C14H17NO/c1-4-5-15-10-14(16)9-13-7-11(2)6-12(3)8-13/h1,6-8,15H,5,9-10H2,2-3H3. The van der Waals surface area contributed by atoms with Gasteiger partial charge in [-0.05, 0) is 19.4 Å². The van der Waals surface area contributed by atoms with Crippen molar-refractivity contribution < 1.29 is 4.79 Å². The summed E-state index contributed by atoms with van der Waals surface area (Å²) in [5.74, 6) is 2.61. The maximum Gasteiger partial charge on any atom is 0.150 e. The number of carbonyl (C=O) groups excluding carboxylic acids is 1. The van der Waals surface area contributed by atoms with E-state index in [1.54, 1.807) is 0 Å². The zero-order valence-corrected chi connectivity index (χ0v) is 9.84. The molecule has 0 unspecified atom stereocenters. The molecule has 2 heteroatoms. The van der Waals surface area contributed by atoms with Gasteiger partial charge in [0.15, 0.2) is 5.78 Å². The first-order chi connectivity index (χ1) is 7.61. The third-order valence-corrected chi connectivity index (χ3v) is 2.23. The minimum atomic E-state index is 0.167. The third kappa shape index (κ3) is 4.29. The molecule has 84 valence electrons. The zero-order chi connectivity index (χ0) is 12.0. The van der Waals surface area contributed by atoms with Crippen molar-refractivity contribution >= 4 is 5.78 Å². The fourth-order valence-corrected chi connectivity index (χ4v) is 1.74. The number of hydrogen-bond acceptors (Lipinski definition) is 2. The van der Waals surface area contributed by atoms with Crippen LogP contribution in [-0.4, -0.2) is 18.9 Å². The molecule has 0 aromatic heterocycles. The van der Waals surface area contributed by atoms with E-state index in [1.165, 1.54) is 11.1 Å². The van der Waals surface area contributed by atoms with Crippen LogP contribution in [0, 0.1) is 26.2 Å². The van der Waals surface area contributed by atoms with Crippen LogP contribution in [0.25, 0.3) is 0 Å². The third-order valence-electron chi connectivity index (χ3n) is 2.23. The number of rotatable bonds is 5. The molecule has 0 aliphatic carbocycles. The van der Waals surface area contributed by atoms with E-state index in [1.807, 2.05) is 26.0 Å². The van der Waals surface area contributed by atoms with Crippen molar-refractivity contribution in [3.63, 3.8) is 0 Å². The predicted octanol–water partition coefficient (Wildman–Crippen LogP) is 1.64. The lowest BCUT2D eigenvalue weighted by Gasteiger charge is -2.04. The fourth-order valence-electron chi connectivity index (χ4n) is 1.74. The molecule has 0 bridgehead atoms. The quantitative estimate of drug-likeness (QED) is 0.597. The molecule has 1 rings (SSSR count). The number of Topliss-reactive ketones (excluding diaryl/α,β-unsaturated/α-hetero) is 1. The van der Waals surface area contributed by atoms with Crippen molar-refractivity contribution in [3.8, 4) is 12.3 Å². The summed E-state index contributed by atoms with van der Waals surface area (Å²) < 4.78 is 0. The Morgan fingerprint density at radius 1 is 1.31 bits per heavy atom. The van der Waals surface area contributed by atoms with E-state index >= 15 is 0 Å². The molecule has 0 spiro atoms. The molecular formula is C14H17NO. The smallest absolute Gasteiger partial charge is 0.150 e. The lowest BCUT2D eigenvalue weighted by atomic mass is 10.0. The lowest BCUT2D eigenvalue weighted by Crippen LogP contribution is -2.24. The Labute approximate surface area is 97.1 Å². The molecule has 0 radical (unpaired) electrons. The fraction of sp³-hybridized carbons (Fsp3) is 0.357. The van der Waals surface area contributed by atoms with Crippen LogP contribution in [-0.2, 0) is 11.2 Å². The van der Waals surface area contributed by atoms with Gasteiger partial charge in [-0.2, -0.15) is 0 Å². The van der Waals surface area contributed by atoms with Crippen LogP contribution in [0.1, 0.15) is 16.7 Å². The first-order valence-electron chi connectivity index (χ1n) is 5.35. The molecule has 16 heavy (non-hydrogen) atoms. The average molecular weight is 215 g/mol. The molecule has 1 N–H and O–H groups in total. The predicted molar refractivity (Wildman–Crippen MR) is 66.3 cm³/mol. The van der Waals surface area contributed by atoms with Crippen molar-refractivity contribution in [2.45, 2.75) is 20.3 Å². The number of carbonyl (C=O) groups is 1. The van der Waals surface area contributed by atoms with Crippen LogP contribution in [0.2, 0.25) is 0 Å². The molecule has 0 saturated heterocycles. The van der Waals surface area contributed by atoms with Gasteiger partial charge in [-0.15, -0.1) is 6.42 Å².